The average molecular weight is 466 g/mol. The Kier molecular flexibility index (Phi) is 6.27. The molecule has 154 valence electrons. The maximum Gasteiger partial charge on any atom is 0.265 e. The normalized spacial score (nSPS) is 10.5. The molecule has 1 heterocycles. The Morgan fingerprint density at radius 1 is 0.806 bits per heavy atom. The van der Waals surface area contributed by atoms with Gasteiger partial charge >= 0.3 is 0 Å². The lowest BCUT2D eigenvalue weighted by atomic mass is 10.0. The molecule has 0 saturated carbocycles. The van der Waals surface area contributed by atoms with Crippen molar-refractivity contribution in [3.8, 4) is 0 Å². The van der Waals surface area contributed by atoms with Crippen LogP contribution in [-0.4, -0.2) is 16.9 Å². The summed E-state index contributed by atoms with van der Waals surface area (Å²) in [6.45, 7) is 0. The number of carbonyl (C=O) groups is 2. The molecule has 0 atom stereocenters. The van der Waals surface area contributed by atoms with Gasteiger partial charge in [0.15, 0.2) is 5.11 Å². The highest BCUT2D eigenvalue weighted by Gasteiger charge is 2.13. The van der Waals surface area contributed by atoms with Crippen molar-refractivity contribution in [3.05, 3.63) is 93.6 Å². The van der Waals surface area contributed by atoms with Crippen molar-refractivity contribution < 1.29 is 9.59 Å². The molecule has 3 N–H and O–H groups in total. The summed E-state index contributed by atoms with van der Waals surface area (Å²) in [6.07, 6.45) is 0. The number of fused-ring (bicyclic) bond motifs is 1. The lowest BCUT2D eigenvalue weighted by Crippen LogP contribution is -2.34. The van der Waals surface area contributed by atoms with E-state index < -0.39 is 0 Å². The zero-order valence-electron chi connectivity index (χ0n) is 16.0. The summed E-state index contributed by atoms with van der Waals surface area (Å²) in [4.78, 5) is 25.6. The van der Waals surface area contributed by atoms with Crippen molar-refractivity contribution in [2.75, 3.05) is 10.6 Å². The van der Waals surface area contributed by atoms with Gasteiger partial charge in [0.05, 0.1) is 4.88 Å². The fourth-order valence-electron chi connectivity index (χ4n) is 3.08. The van der Waals surface area contributed by atoms with Gasteiger partial charge < -0.3 is 10.6 Å². The molecule has 3 aromatic carbocycles. The predicted octanol–water partition coefficient (Wildman–Crippen LogP) is 5.93. The number of hydrogen-bond acceptors (Lipinski definition) is 4. The third-order valence-corrected chi connectivity index (χ3v) is 5.87. The molecule has 0 radical (unpaired) electrons. The Hall–Kier alpha value is -3.26. The van der Waals surface area contributed by atoms with E-state index in [2.05, 4.69) is 16.0 Å². The van der Waals surface area contributed by atoms with E-state index in [1.807, 2.05) is 23.6 Å². The van der Waals surface area contributed by atoms with Gasteiger partial charge in [-0.2, -0.15) is 0 Å². The minimum absolute atomic E-state index is 0.144. The van der Waals surface area contributed by atoms with E-state index in [-0.39, 0.29) is 16.9 Å². The van der Waals surface area contributed by atoms with Crippen molar-refractivity contribution in [1.82, 2.24) is 5.32 Å². The molecule has 0 unspecified atom stereocenters. The number of anilines is 2. The standard InChI is InChI=1S/C23H16ClN3O2S2/c24-19-10-3-7-16-17(19)8-2-9-18(16)21(28)27-23(30)26-15-6-1-5-14(13-15)25-22(29)20-11-4-12-31-20/h1-13H,(H,25,29)(H2,26,27,28,30). The molecule has 4 aromatic rings. The third-order valence-electron chi connectivity index (χ3n) is 4.46. The second-order valence-corrected chi connectivity index (χ2v) is 8.32. The monoisotopic (exact) mass is 465 g/mol. The first-order valence-corrected chi connectivity index (χ1v) is 10.9. The van der Waals surface area contributed by atoms with E-state index in [4.69, 9.17) is 23.8 Å². The summed E-state index contributed by atoms with van der Waals surface area (Å²) in [5, 5.41) is 12.6. The lowest BCUT2D eigenvalue weighted by Gasteiger charge is -2.12. The summed E-state index contributed by atoms with van der Waals surface area (Å²) in [5.74, 6) is -0.523. The largest absolute Gasteiger partial charge is 0.332 e. The van der Waals surface area contributed by atoms with Crippen LogP contribution in [-0.2, 0) is 0 Å². The fraction of sp³-hybridized carbons (Fsp3) is 0. The minimum atomic E-state index is -0.340. The Labute approximate surface area is 193 Å². The molecule has 1 aromatic heterocycles. The Morgan fingerprint density at radius 2 is 1.52 bits per heavy atom. The molecule has 0 aliphatic rings. The first kappa shape index (κ1) is 21.0. The van der Waals surface area contributed by atoms with Crippen LogP contribution in [0.15, 0.2) is 78.2 Å². The number of hydrogen-bond donors (Lipinski definition) is 3. The van der Waals surface area contributed by atoms with Crippen LogP contribution in [0, 0.1) is 0 Å². The molecular weight excluding hydrogens is 450 g/mol. The summed E-state index contributed by atoms with van der Waals surface area (Å²) in [7, 11) is 0. The second kappa shape index (κ2) is 9.26. The number of thiophene rings is 1. The third kappa shape index (κ3) is 4.91. The highest BCUT2D eigenvalue weighted by atomic mass is 35.5. The number of nitrogens with one attached hydrogen (secondary N) is 3. The van der Waals surface area contributed by atoms with Crippen LogP contribution in [0.4, 0.5) is 11.4 Å². The van der Waals surface area contributed by atoms with Gasteiger partial charge in [0.25, 0.3) is 11.8 Å². The highest BCUT2D eigenvalue weighted by molar-refractivity contribution is 7.80. The Balaban J connectivity index is 1.44. The van der Waals surface area contributed by atoms with Crippen molar-refractivity contribution in [3.63, 3.8) is 0 Å². The van der Waals surface area contributed by atoms with E-state index in [1.54, 1.807) is 54.6 Å². The van der Waals surface area contributed by atoms with E-state index in [1.165, 1.54) is 11.3 Å². The van der Waals surface area contributed by atoms with Crippen LogP contribution in [0.25, 0.3) is 10.8 Å². The maximum atomic E-state index is 12.8. The second-order valence-electron chi connectivity index (χ2n) is 6.56. The summed E-state index contributed by atoms with van der Waals surface area (Å²) >= 11 is 12.9. The molecular formula is C23H16ClN3O2S2. The van der Waals surface area contributed by atoms with E-state index in [9.17, 15) is 9.59 Å². The predicted molar refractivity (Wildman–Crippen MR) is 131 cm³/mol. The molecule has 8 heteroatoms. The quantitative estimate of drug-likeness (QED) is 0.326. The van der Waals surface area contributed by atoms with Crippen molar-refractivity contribution in [1.29, 1.82) is 0 Å². The first-order chi connectivity index (χ1) is 15.0. The molecule has 0 spiro atoms. The lowest BCUT2D eigenvalue weighted by molar-refractivity contribution is 0.0978. The van der Waals surface area contributed by atoms with Gasteiger partial charge in [-0.1, -0.05) is 48.0 Å². The number of rotatable bonds is 4. The fourth-order valence-corrected chi connectivity index (χ4v) is 4.14. The van der Waals surface area contributed by atoms with E-state index in [0.29, 0.717) is 26.8 Å². The topological polar surface area (TPSA) is 70.2 Å². The molecule has 2 amide bonds. The van der Waals surface area contributed by atoms with Crippen LogP contribution < -0.4 is 16.0 Å². The molecule has 31 heavy (non-hydrogen) atoms. The van der Waals surface area contributed by atoms with Gasteiger partial charge in [-0.25, -0.2) is 0 Å². The van der Waals surface area contributed by atoms with Gasteiger partial charge in [-0.05, 0) is 59.4 Å². The highest BCUT2D eigenvalue weighted by Crippen LogP contribution is 2.26. The Bertz CT molecular complexity index is 1290. The molecule has 0 bridgehead atoms. The van der Waals surface area contributed by atoms with Gasteiger partial charge in [-0.15, -0.1) is 11.3 Å². The number of thiocarbonyl (C=S) groups is 1. The maximum absolute atomic E-state index is 12.8. The van der Waals surface area contributed by atoms with Crippen molar-refractivity contribution >= 4 is 74.2 Å². The zero-order valence-corrected chi connectivity index (χ0v) is 18.4. The summed E-state index contributed by atoms with van der Waals surface area (Å²) < 4.78 is 0. The average Bonchev–Trinajstić information content (AvgIpc) is 3.29. The van der Waals surface area contributed by atoms with Gasteiger partial charge in [0, 0.05) is 27.3 Å². The Morgan fingerprint density at radius 3 is 2.29 bits per heavy atom. The zero-order chi connectivity index (χ0) is 21.8. The van der Waals surface area contributed by atoms with E-state index >= 15 is 0 Å². The van der Waals surface area contributed by atoms with Crippen LogP contribution in [0.3, 0.4) is 0 Å². The van der Waals surface area contributed by atoms with Crippen LogP contribution in [0.1, 0.15) is 20.0 Å². The smallest absolute Gasteiger partial charge is 0.265 e. The van der Waals surface area contributed by atoms with Crippen LogP contribution in [0.2, 0.25) is 5.02 Å². The molecule has 0 aliphatic heterocycles. The molecule has 5 nitrogen and oxygen atoms in total. The van der Waals surface area contributed by atoms with Crippen LogP contribution >= 0.6 is 35.2 Å². The molecule has 0 saturated heterocycles. The molecule has 4 rings (SSSR count). The van der Waals surface area contributed by atoms with Gasteiger partial charge in [-0.3, -0.25) is 14.9 Å². The summed E-state index contributed by atoms with van der Waals surface area (Å²) in [6, 6.07) is 21.4. The number of benzene rings is 3. The number of halogens is 1. The number of carbonyl (C=O) groups excluding carboxylic acids is 2. The van der Waals surface area contributed by atoms with Crippen molar-refractivity contribution in [2.24, 2.45) is 0 Å². The van der Waals surface area contributed by atoms with Crippen molar-refractivity contribution in [2.45, 2.75) is 0 Å². The summed E-state index contributed by atoms with van der Waals surface area (Å²) in [5.41, 5.74) is 1.72. The van der Waals surface area contributed by atoms with Gasteiger partial charge in [0.1, 0.15) is 0 Å². The molecule has 0 aliphatic carbocycles. The molecule has 0 fully saturated rings. The van der Waals surface area contributed by atoms with E-state index in [0.717, 1.165) is 10.8 Å². The minimum Gasteiger partial charge on any atom is -0.332 e. The SMILES string of the molecule is O=C(Nc1cccc(NC(=S)NC(=O)c2cccc3c(Cl)cccc23)c1)c1cccs1. The van der Waals surface area contributed by atoms with Crippen LogP contribution in [0.5, 0.6) is 0 Å². The van der Waals surface area contributed by atoms with Gasteiger partial charge in [0.2, 0.25) is 0 Å². The first-order valence-electron chi connectivity index (χ1n) is 9.26. The number of amides is 2.